The minimum atomic E-state index is -5.96. The summed E-state index contributed by atoms with van der Waals surface area (Å²) in [7, 11) is 0. The monoisotopic (exact) mass is 377 g/mol. The van der Waals surface area contributed by atoms with Crippen LogP contribution in [0, 0.1) is 11.3 Å². The lowest BCUT2D eigenvalue weighted by atomic mass is 9.61. The lowest BCUT2D eigenvalue weighted by Crippen LogP contribution is -2.67. The Morgan fingerprint density at radius 2 is 1.75 bits per heavy atom. The molecule has 0 aromatic carbocycles. The van der Waals surface area contributed by atoms with Gasteiger partial charge in [0.2, 0.25) is 0 Å². The number of nitrogens with one attached hydrogen (secondary N) is 1. The highest BCUT2D eigenvalue weighted by Gasteiger charge is 2.76. The summed E-state index contributed by atoms with van der Waals surface area (Å²) in [4.78, 5) is 0. The normalized spacial score (nSPS) is 23.8. The van der Waals surface area contributed by atoms with Crippen LogP contribution < -0.4 is 11.2 Å². The van der Waals surface area contributed by atoms with E-state index in [0.29, 0.717) is 5.57 Å². The largest absolute Gasteiger partial charge is 0.426 e. The fraction of sp³-hybridized carbons (Fsp3) is 0.692. The Labute approximate surface area is 139 Å². The van der Waals surface area contributed by atoms with Gasteiger partial charge in [-0.15, -0.1) is 0 Å². The molecule has 1 unspecified atom stereocenters. The van der Waals surface area contributed by atoms with E-state index >= 15 is 0 Å². The number of hydrogen-bond acceptors (Lipinski definition) is 3. The third-order valence-corrected chi connectivity index (χ3v) is 3.87. The molecule has 1 atom stereocenters. The Balaban J connectivity index is 3.68. The van der Waals surface area contributed by atoms with Gasteiger partial charge in [-0.1, -0.05) is 19.4 Å². The third kappa shape index (κ3) is 3.66. The number of nitrogens with zero attached hydrogens (tertiary/aromatic N) is 1. The number of allylic oxidation sites excluding steroid dienone is 2. The highest BCUT2D eigenvalue weighted by molar-refractivity contribution is 7.80. The molecule has 1 aliphatic carbocycles. The van der Waals surface area contributed by atoms with Crippen molar-refractivity contribution in [1.29, 1.82) is 0 Å². The summed E-state index contributed by atoms with van der Waals surface area (Å²) in [6.45, 7) is 3.94. The first-order valence-corrected chi connectivity index (χ1v) is 7.11. The molecule has 0 aromatic rings. The van der Waals surface area contributed by atoms with E-state index in [2.05, 4.69) is 17.3 Å². The number of nitrogens with two attached hydrogens (primary N) is 1. The van der Waals surface area contributed by atoms with Gasteiger partial charge in [-0.2, -0.15) is 31.4 Å². The van der Waals surface area contributed by atoms with Gasteiger partial charge in [0, 0.05) is 0 Å². The molecule has 138 valence electrons. The molecule has 0 aromatic heterocycles. The molecule has 4 nitrogen and oxygen atoms in total. The number of alkyl halides is 6. The average Bonchev–Trinajstić information content (AvgIpc) is 2.30. The third-order valence-electron chi connectivity index (χ3n) is 3.78. The summed E-state index contributed by atoms with van der Waals surface area (Å²) >= 11 is 4.46. The van der Waals surface area contributed by atoms with E-state index in [1.54, 1.807) is 0 Å². The quantitative estimate of drug-likeness (QED) is 0.393. The topological polar surface area (TPSA) is 70.6 Å². The molecule has 0 fully saturated rings. The van der Waals surface area contributed by atoms with Crippen LogP contribution in [0.1, 0.15) is 27.2 Å². The van der Waals surface area contributed by atoms with Crippen LogP contribution in [-0.2, 0) is 0 Å². The SMILES string of the molecule is CC1=C/C(=N\NC(N)=S)C(C(O)(C(F)(F)F)C(F)(F)F)C(C)(C)C1. The van der Waals surface area contributed by atoms with Gasteiger partial charge in [-0.3, -0.25) is 5.43 Å². The van der Waals surface area contributed by atoms with Crippen LogP contribution in [0.3, 0.4) is 0 Å². The molecular formula is C13H17F6N3OS. The molecule has 0 saturated carbocycles. The lowest BCUT2D eigenvalue weighted by molar-refractivity contribution is -0.385. The highest BCUT2D eigenvalue weighted by Crippen LogP contribution is 2.55. The number of rotatable bonds is 2. The lowest BCUT2D eigenvalue weighted by Gasteiger charge is -2.48. The molecule has 11 heteroatoms. The van der Waals surface area contributed by atoms with E-state index < -0.39 is 40.1 Å². The van der Waals surface area contributed by atoms with E-state index in [1.165, 1.54) is 20.8 Å². The van der Waals surface area contributed by atoms with E-state index in [0.717, 1.165) is 6.08 Å². The van der Waals surface area contributed by atoms with Crippen LogP contribution in [0.5, 0.6) is 0 Å². The first-order valence-electron chi connectivity index (χ1n) is 6.70. The van der Waals surface area contributed by atoms with Crippen molar-refractivity contribution in [3.05, 3.63) is 11.6 Å². The van der Waals surface area contributed by atoms with Gasteiger partial charge in [0.25, 0.3) is 5.60 Å². The van der Waals surface area contributed by atoms with E-state index in [4.69, 9.17) is 5.73 Å². The second-order valence-corrected chi connectivity index (χ2v) is 6.80. The van der Waals surface area contributed by atoms with Gasteiger partial charge in [0.05, 0.1) is 11.6 Å². The highest BCUT2D eigenvalue weighted by atomic mass is 32.1. The first-order chi connectivity index (χ1) is 10.5. The Morgan fingerprint density at radius 3 is 2.12 bits per heavy atom. The van der Waals surface area contributed by atoms with Gasteiger partial charge >= 0.3 is 12.4 Å². The van der Waals surface area contributed by atoms with Crippen molar-refractivity contribution in [3.63, 3.8) is 0 Å². The van der Waals surface area contributed by atoms with Crippen molar-refractivity contribution < 1.29 is 31.4 Å². The molecule has 0 amide bonds. The van der Waals surface area contributed by atoms with Gasteiger partial charge < -0.3 is 10.8 Å². The van der Waals surface area contributed by atoms with E-state index in [-0.39, 0.29) is 6.42 Å². The summed E-state index contributed by atoms with van der Waals surface area (Å²) in [5, 5.41) is 12.8. The fourth-order valence-electron chi connectivity index (χ4n) is 3.09. The van der Waals surface area contributed by atoms with Gasteiger partial charge in [0.15, 0.2) is 5.11 Å². The van der Waals surface area contributed by atoms with Crippen molar-refractivity contribution in [2.45, 2.75) is 45.1 Å². The number of hydrazone groups is 1. The number of halogens is 6. The maximum Gasteiger partial charge on any atom is 0.426 e. The Kier molecular flexibility index (Phi) is 5.32. The molecule has 0 radical (unpaired) electrons. The van der Waals surface area contributed by atoms with Gasteiger partial charge in [-0.25, -0.2) is 0 Å². The summed E-state index contributed by atoms with van der Waals surface area (Å²) in [6, 6.07) is 0. The van der Waals surface area contributed by atoms with E-state index in [1.807, 2.05) is 5.43 Å². The van der Waals surface area contributed by atoms with Crippen molar-refractivity contribution in [2.75, 3.05) is 0 Å². The molecule has 1 rings (SSSR count). The minimum Gasteiger partial charge on any atom is -0.375 e. The van der Waals surface area contributed by atoms with Crippen LogP contribution in [0.15, 0.2) is 16.8 Å². The second-order valence-electron chi connectivity index (χ2n) is 6.36. The molecule has 24 heavy (non-hydrogen) atoms. The molecule has 1 aliphatic rings. The smallest absolute Gasteiger partial charge is 0.375 e. The van der Waals surface area contributed by atoms with Crippen LogP contribution >= 0.6 is 12.2 Å². The molecule has 0 heterocycles. The second kappa shape index (κ2) is 6.17. The van der Waals surface area contributed by atoms with Crippen LogP contribution in [0.2, 0.25) is 0 Å². The van der Waals surface area contributed by atoms with Crippen LogP contribution in [0.25, 0.3) is 0 Å². The zero-order valence-corrected chi connectivity index (χ0v) is 13.8. The van der Waals surface area contributed by atoms with Crippen molar-refractivity contribution in [1.82, 2.24) is 5.43 Å². The van der Waals surface area contributed by atoms with Crippen molar-refractivity contribution >= 4 is 23.0 Å². The average molecular weight is 377 g/mol. The number of aliphatic hydroxyl groups is 1. The van der Waals surface area contributed by atoms with Gasteiger partial charge in [-0.05, 0) is 37.1 Å². The van der Waals surface area contributed by atoms with E-state index in [9.17, 15) is 31.4 Å². The predicted octanol–water partition coefficient (Wildman–Crippen LogP) is 3.02. The number of thiocarbonyl (C=S) groups is 1. The summed E-state index contributed by atoms with van der Waals surface area (Å²) < 4.78 is 79.7. The first kappa shape index (κ1) is 20.7. The van der Waals surface area contributed by atoms with Crippen LogP contribution in [-0.4, -0.2) is 33.9 Å². The minimum absolute atomic E-state index is 0.0851. The zero-order valence-electron chi connectivity index (χ0n) is 13.0. The van der Waals surface area contributed by atoms with Crippen molar-refractivity contribution in [2.24, 2.45) is 22.2 Å². The Morgan fingerprint density at radius 1 is 1.29 bits per heavy atom. The predicted molar refractivity (Wildman–Crippen MR) is 80.1 cm³/mol. The maximum absolute atomic E-state index is 13.3. The molecule has 0 saturated heterocycles. The maximum atomic E-state index is 13.3. The fourth-order valence-corrected chi connectivity index (χ4v) is 3.14. The van der Waals surface area contributed by atoms with Crippen molar-refractivity contribution in [3.8, 4) is 0 Å². The number of hydrogen-bond donors (Lipinski definition) is 3. The van der Waals surface area contributed by atoms with Gasteiger partial charge in [0.1, 0.15) is 0 Å². The molecule has 4 N–H and O–H groups in total. The summed E-state index contributed by atoms with van der Waals surface area (Å²) in [5.74, 6) is -2.41. The molecule has 0 spiro atoms. The van der Waals surface area contributed by atoms with Crippen LogP contribution in [0.4, 0.5) is 26.3 Å². The molecule has 0 bridgehead atoms. The summed E-state index contributed by atoms with van der Waals surface area (Å²) in [6.07, 6.45) is -11.0. The standard InChI is InChI=1S/C13H17F6N3OS/c1-6-4-7(21-22-9(20)24)8(10(2,3)5-6)11(23,12(14,15)16)13(17,18)19/h4,8,23H,5H2,1-3H3,(H3,20,22,24)/b21-7+. The zero-order chi connectivity index (χ0) is 19.1. The molecular weight excluding hydrogens is 360 g/mol. The Hall–Kier alpha value is -1.36. The molecule has 0 aliphatic heterocycles. The Bertz CT molecular complexity index is 565. The summed E-state index contributed by atoms with van der Waals surface area (Å²) in [5.41, 5.74) is 0.421.